The second kappa shape index (κ2) is 14.6. The normalized spacial score (nSPS) is 31.7. The zero-order valence-electron chi connectivity index (χ0n) is 22.8. The number of nitrogens with one attached hydrogen (secondary N) is 1. The lowest BCUT2D eigenvalue weighted by Gasteiger charge is -2.47. The molecule has 0 aliphatic carbocycles. The highest BCUT2D eigenvalue weighted by Crippen LogP contribution is 2.35. The van der Waals surface area contributed by atoms with Crippen LogP contribution in [0, 0.1) is 5.41 Å². The molecule has 15 nitrogen and oxygen atoms in total. The van der Waals surface area contributed by atoms with E-state index in [-0.39, 0.29) is 0 Å². The summed E-state index contributed by atoms with van der Waals surface area (Å²) < 4.78 is 47.1. The van der Waals surface area contributed by atoms with Crippen molar-refractivity contribution in [2.45, 2.75) is 101 Å². The minimum Gasteiger partial charge on any atom is -0.457 e. The fourth-order valence-electron chi connectivity index (χ4n) is 4.06. The second-order valence-electron chi connectivity index (χ2n) is 8.90. The zero-order valence-corrected chi connectivity index (χ0v) is 25.0. The van der Waals surface area contributed by atoms with Crippen molar-refractivity contribution in [1.29, 1.82) is 5.41 Å². The van der Waals surface area contributed by atoms with E-state index >= 15 is 0 Å². The van der Waals surface area contributed by atoms with Crippen LogP contribution >= 0.6 is 34.8 Å². The first kappa shape index (κ1) is 34.8. The number of rotatable bonds is 8. The summed E-state index contributed by atoms with van der Waals surface area (Å²) in [4.78, 5) is 59.7. The molecular formula is C23H30Cl3NO14. The summed E-state index contributed by atoms with van der Waals surface area (Å²) in [5.74, 6) is -4.94. The van der Waals surface area contributed by atoms with Crippen LogP contribution < -0.4 is 0 Å². The van der Waals surface area contributed by atoms with E-state index in [2.05, 4.69) is 0 Å². The molecule has 0 saturated carbocycles. The molecule has 2 aliphatic heterocycles. The molecular weight excluding hydrogens is 621 g/mol. The Kier molecular flexibility index (Phi) is 12.4. The Hall–Kier alpha value is -2.43. The molecule has 2 saturated heterocycles. The smallest absolute Gasteiger partial charge is 0.303 e. The van der Waals surface area contributed by atoms with Gasteiger partial charge < -0.3 is 42.6 Å². The third-order valence-corrected chi connectivity index (χ3v) is 5.93. The van der Waals surface area contributed by atoms with Gasteiger partial charge in [0.2, 0.25) is 12.2 Å². The van der Waals surface area contributed by atoms with E-state index in [1.165, 1.54) is 6.92 Å². The maximum absolute atomic E-state index is 12.1. The molecule has 2 aliphatic rings. The summed E-state index contributed by atoms with van der Waals surface area (Å²) in [5, 5.41) is 7.90. The molecule has 0 spiro atoms. The van der Waals surface area contributed by atoms with Crippen LogP contribution in [0.4, 0.5) is 0 Å². The number of carbonyl (C=O) groups excluding carboxylic acids is 5. The van der Waals surface area contributed by atoms with E-state index < -0.39 is 101 Å². The Morgan fingerprint density at radius 1 is 0.659 bits per heavy atom. The highest BCUT2D eigenvalue weighted by atomic mass is 35.6. The standard InChI is InChI=1S/C23H30Cl3NO14/c1-8-15(36-10(3)29)17(37-11(4)30)19(39-13(6)32)21(34-8)40-16-14(35-9(2)28)7-33-20(18(16)38-12(5)31)41-22(27)23(24,25)26/h8,14-21,27H,7H2,1-6H3/t8-,14+,15-,16-,17+,18+,19+,20+,21-/m0/s1. The minimum absolute atomic E-state index is 0.427. The lowest BCUT2D eigenvalue weighted by Crippen LogP contribution is -2.65. The molecule has 2 heterocycles. The third kappa shape index (κ3) is 10.1. The number of carbonyl (C=O) groups is 5. The Labute approximate surface area is 249 Å². The average Bonchev–Trinajstić information content (AvgIpc) is 2.80. The van der Waals surface area contributed by atoms with Crippen LogP contribution in [-0.4, -0.2) is 101 Å². The van der Waals surface area contributed by atoms with Crippen LogP contribution in [0.5, 0.6) is 0 Å². The van der Waals surface area contributed by atoms with Gasteiger partial charge in [-0.1, -0.05) is 34.8 Å². The monoisotopic (exact) mass is 649 g/mol. The molecule has 0 unspecified atom stereocenters. The predicted octanol–water partition coefficient (Wildman–Crippen LogP) is 1.50. The second-order valence-corrected chi connectivity index (χ2v) is 11.2. The molecule has 2 rings (SSSR count). The summed E-state index contributed by atoms with van der Waals surface area (Å²) in [6.07, 6.45) is -12.8. The van der Waals surface area contributed by atoms with Gasteiger partial charge >= 0.3 is 29.8 Å². The zero-order chi connectivity index (χ0) is 31.2. The first-order chi connectivity index (χ1) is 18.9. The quantitative estimate of drug-likeness (QED) is 0.131. The fourth-order valence-corrected chi connectivity index (χ4v) is 4.19. The van der Waals surface area contributed by atoms with Crippen LogP contribution in [0.25, 0.3) is 0 Å². The van der Waals surface area contributed by atoms with Gasteiger partial charge in [0.1, 0.15) is 6.10 Å². The first-order valence-corrected chi connectivity index (χ1v) is 13.1. The van der Waals surface area contributed by atoms with Gasteiger partial charge in [0.15, 0.2) is 36.8 Å². The molecule has 0 radical (unpaired) electrons. The van der Waals surface area contributed by atoms with Crippen LogP contribution in [0.3, 0.4) is 0 Å². The molecule has 2 fully saturated rings. The summed E-state index contributed by atoms with van der Waals surface area (Å²) in [7, 11) is 0. The Balaban J connectivity index is 2.55. The van der Waals surface area contributed by atoms with Gasteiger partial charge in [-0.05, 0) is 6.92 Å². The number of hydrogen-bond acceptors (Lipinski definition) is 15. The van der Waals surface area contributed by atoms with Crippen LogP contribution in [0.15, 0.2) is 0 Å². The van der Waals surface area contributed by atoms with Crippen molar-refractivity contribution in [2.75, 3.05) is 6.61 Å². The van der Waals surface area contributed by atoms with Crippen molar-refractivity contribution in [3.8, 4) is 0 Å². The van der Waals surface area contributed by atoms with Crippen molar-refractivity contribution in [3.05, 3.63) is 0 Å². The van der Waals surface area contributed by atoms with Gasteiger partial charge in [-0.15, -0.1) is 0 Å². The molecule has 0 aromatic heterocycles. The van der Waals surface area contributed by atoms with E-state index in [1.54, 1.807) is 0 Å². The van der Waals surface area contributed by atoms with E-state index in [4.69, 9.17) is 82.8 Å². The van der Waals surface area contributed by atoms with Gasteiger partial charge in [0, 0.05) is 34.6 Å². The molecule has 1 N–H and O–H groups in total. The van der Waals surface area contributed by atoms with Crippen molar-refractivity contribution in [3.63, 3.8) is 0 Å². The van der Waals surface area contributed by atoms with Crippen LogP contribution in [0.2, 0.25) is 0 Å². The molecule has 0 bridgehead atoms. The van der Waals surface area contributed by atoms with Crippen LogP contribution in [-0.2, 0) is 66.6 Å². The Morgan fingerprint density at radius 3 is 1.56 bits per heavy atom. The van der Waals surface area contributed by atoms with Crippen molar-refractivity contribution in [2.24, 2.45) is 0 Å². The summed E-state index contributed by atoms with van der Waals surface area (Å²) in [5.41, 5.74) is 0. The molecule has 232 valence electrons. The number of esters is 5. The van der Waals surface area contributed by atoms with Gasteiger partial charge in [0.25, 0.3) is 3.79 Å². The molecule has 0 amide bonds. The first-order valence-electron chi connectivity index (χ1n) is 12.0. The maximum atomic E-state index is 12.1. The van der Waals surface area contributed by atoms with Gasteiger partial charge in [-0.25, -0.2) is 0 Å². The topological polar surface area (TPSA) is 192 Å². The van der Waals surface area contributed by atoms with Crippen LogP contribution in [0.1, 0.15) is 41.5 Å². The number of alkyl halides is 3. The summed E-state index contributed by atoms with van der Waals surface area (Å²) >= 11 is 17.1. The van der Waals surface area contributed by atoms with Crippen molar-refractivity contribution < 1.29 is 66.6 Å². The van der Waals surface area contributed by atoms with Gasteiger partial charge in [0.05, 0.1) is 12.7 Å². The van der Waals surface area contributed by atoms with E-state index in [9.17, 15) is 24.0 Å². The fraction of sp³-hybridized carbons (Fsp3) is 0.739. The SMILES string of the molecule is CC(=O)O[C@@H]1[C@@H](OC(C)=O)[C@H](C)O[C@@H](O[C@@H]2[C@@H](OC(C)=O)[C@@H](OC(=N)C(Cl)(Cl)Cl)OC[C@H]2OC(C)=O)[C@@H]1OC(C)=O. The summed E-state index contributed by atoms with van der Waals surface area (Å²) in [6, 6.07) is 0. The third-order valence-electron chi connectivity index (χ3n) is 5.42. The molecule has 41 heavy (non-hydrogen) atoms. The van der Waals surface area contributed by atoms with Gasteiger partial charge in [-0.2, -0.15) is 0 Å². The molecule has 18 heteroatoms. The molecule has 0 aromatic rings. The van der Waals surface area contributed by atoms with E-state index in [0.29, 0.717) is 0 Å². The number of hydrogen-bond donors (Lipinski definition) is 1. The minimum atomic E-state index is -2.32. The van der Waals surface area contributed by atoms with E-state index in [0.717, 1.165) is 34.6 Å². The predicted molar refractivity (Wildman–Crippen MR) is 136 cm³/mol. The van der Waals surface area contributed by atoms with E-state index in [1.807, 2.05) is 0 Å². The lowest BCUT2D eigenvalue weighted by molar-refractivity contribution is -0.343. The van der Waals surface area contributed by atoms with Crippen molar-refractivity contribution in [1.82, 2.24) is 0 Å². The number of halogens is 3. The highest BCUT2D eigenvalue weighted by Gasteiger charge is 2.55. The highest BCUT2D eigenvalue weighted by molar-refractivity contribution is 6.76. The molecule has 0 aromatic carbocycles. The largest absolute Gasteiger partial charge is 0.457 e. The average molecular weight is 651 g/mol. The maximum Gasteiger partial charge on any atom is 0.303 e. The Bertz CT molecular complexity index is 1020. The Morgan fingerprint density at radius 2 is 1.10 bits per heavy atom. The summed E-state index contributed by atoms with van der Waals surface area (Å²) in [6.45, 7) is 6.44. The van der Waals surface area contributed by atoms with Crippen molar-refractivity contribution >= 4 is 70.5 Å². The lowest BCUT2D eigenvalue weighted by atomic mass is 9.98. The van der Waals surface area contributed by atoms with Gasteiger partial charge in [-0.3, -0.25) is 29.4 Å². The number of ether oxygens (including phenoxy) is 9. The molecule has 9 atom stereocenters.